The third-order valence-corrected chi connectivity index (χ3v) is 9.82. The Bertz CT molecular complexity index is 1300. The van der Waals surface area contributed by atoms with E-state index >= 15 is 0 Å². The first kappa shape index (κ1) is 26.5. The number of β-amino-alcohol motifs (C(OH)–C–C–N with tert-alkyl or cyclic N) is 1. The van der Waals surface area contributed by atoms with Crippen LogP contribution in [0.2, 0.25) is 0 Å². The van der Waals surface area contributed by atoms with Crippen LogP contribution in [-0.2, 0) is 11.8 Å². The molecule has 1 aliphatic carbocycles. The summed E-state index contributed by atoms with van der Waals surface area (Å²) in [5, 5.41) is 21.1. The highest BCUT2D eigenvalue weighted by Crippen LogP contribution is 2.51. The third-order valence-electron chi connectivity index (χ3n) is 8.74. The number of fused-ring (bicyclic) bond motifs is 2. The molecule has 0 saturated carbocycles. The highest BCUT2D eigenvalue weighted by molar-refractivity contribution is 7.16. The minimum atomic E-state index is -2.73. The number of aliphatic hydroxyl groups is 1. The first-order valence-corrected chi connectivity index (χ1v) is 14.4. The van der Waals surface area contributed by atoms with E-state index in [1.807, 2.05) is 17.9 Å². The average molecular weight is 560 g/mol. The molecule has 5 heterocycles. The summed E-state index contributed by atoms with van der Waals surface area (Å²) < 4.78 is 33.8. The molecule has 0 unspecified atom stereocenters. The number of alkyl halides is 2. The summed E-state index contributed by atoms with van der Waals surface area (Å²) in [6.45, 7) is 4.20. The minimum absolute atomic E-state index is 0.0692. The average Bonchev–Trinajstić information content (AvgIpc) is 3.33. The van der Waals surface area contributed by atoms with Crippen molar-refractivity contribution in [3.05, 3.63) is 22.1 Å². The number of likely N-dealkylation sites (N-methyl/N-ethyl adjacent to an activating group) is 1. The van der Waals surface area contributed by atoms with E-state index < -0.39 is 17.6 Å². The number of nitrogens with two attached hydrogens (primary N) is 1. The molecule has 0 radical (unpaired) electrons. The number of ether oxygens (including phenoxy) is 1. The molecule has 0 bridgehead atoms. The van der Waals surface area contributed by atoms with Crippen LogP contribution in [0, 0.1) is 11.3 Å². The fraction of sp³-hybridized carbons (Fsp3) is 0.667. The number of halogens is 2. The molecule has 210 valence electrons. The smallest absolute Gasteiger partial charge is 0.320 e. The standard InChI is InChI=1S/C27H35F2N7O2S/c1-25(37)6-4-8-35(13-25)20-9-21(33-24(32-20)38-12-17-10-27(28,29)16-34(17)2)36-14-26(15-36)7-3-5-19-22(26)18(11-30)23(31)39-19/h9,17,37H,3-8,10,12-16,31H2,1-2H3/t17-,25+/m0/s1. The molecule has 2 atom stereocenters. The number of nitrogens with zero attached hydrogens (tertiary/aromatic N) is 6. The molecule has 39 heavy (non-hydrogen) atoms. The van der Waals surface area contributed by atoms with Gasteiger partial charge in [-0.25, -0.2) is 8.78 Å². The lowest BCUT2D eigenvalue weighted by Gasteiger charge is -2.53. The number of nitrogen functional groups attached to an aromatic ring is 1. The number of thiophene rings is 1. The topological polar surface area (TPSA) is 115 Å². The van der Waals surface area contributed by atoms with Crippen molar-refractivity contribution in [3.8, 4) is 12.1 Å². The second-order valence-corrected chi connectivity index (χ2v) is 13.2. The Morgan fingerprint density at radius 2 is 1.92 bits per heavy atom. The monoisotopic (exact) mass is 559 g/mol. The Hall–Kier alpha value is -2.75. The van der Waals surface area contributed by atoms with E-state index in [4.69, 9.17) is 15.5 Å². The maximum Gasteiger partial charge on any atom is 0.320 e. The van der Waals surface area contributed by atoms with Crippen molar-refractivity contribution in [2.45, 2.75) is 68.4 Å². The molecular weight excluding hydrogens is 524 g/mol. The number of aromatic nitrogens is 2. The summed E-state index contributed by atoms with van der Waals surface area (Å²) in [6.07, 6.45) is 4.28. The predicted octanol–water partition coefficient (Wildman–Crippen LogP) is 3.16. The molecule has 3 fully saturated rings. The summed E-state index contributed by atoms with van der Waals surface area (Å²) in [7, 11) is 1.68. The first-order valence-electron chi connectivity index (χ1n) is 13.6. The van der Waals surface area contributed by atoms with Crippen molar-refractivity contribution in [1.29, 1.82) is 5.26 Å². The number of rotatable bonds is 5. The molecule has 6 rings (SSSR count). The van der Waals surface area contributed by atoms with Gasteiger partial charge < -0.3 is 25.4 Å². The van der Waals surface area contributed by atoms with Crippen LogP contribution in [0.25, 0.3) is 0 Å². The van der Waals surface area contributed by atoms with E-state index in [0.717, 1.165) is 44.2 Å². The van der Waals surface area contributed by atoms with Crippen LogP contribution in [0.4, 0.5) is 25.4 Å². The van der Waals surface area contributed by atoms with Gasteiger partial charge in [-0.3, -0.25) is 4.90 Å². The molecule has 2 aromatic heterocycles. The molecule has 3 N–H and O–H groups in total. The number of aryl methyl sites for hydroxylation is 1. The van der Waals surface area contributed by atoms with Gasteiger partial charge in [0.2, 0.25) is 0 Å². The van der Waals surface area contributed by atoms with Gasteiger partial charge >= 0.3 is 6.01 Å². The van der Waals surface area contributed by atoms with Crippen LogP contribution < -0.4 is 20.3 Å². The molecule has 9 nitrogen and oxygen atoms in total. The van der Waals surface area contributed by atoms with Crippen LogP contribution >= 0.6 is 11.3 Å². The van der Waals surface area contributed by atoms with E-state index in [0.29, 0.717) is 41.8 Å². The Balaban J connectivity index is 1.27. The van der Waals surface area contributed by atoms with Crippen LogP contribution in [0.1, 0.15) is 55.0 Å². The van der Waals surface area contributed by atoms with E-state index in [2.05, 4.69) is 16.0 Å². The molecule has 12 heteroatoms. The fourth-order valence-electron chi connectivity index (χ4n) is 6.84. The van der Waals surface area contributed by atoms with Gasteiger partial charge in [-0.15, -0.1) is 11.3 Å². The van der Waals surface area contributed by atoms with Crippen LogP contribution in [-0.4, -0.2) is 83.9 Å². The van der Waals surface area contributed by atoms with Gasteiger partial charge in [0.25, 0.3) is 5.92 Å². The Morgan fingerprint density at radius 3 is 2.59 bits per heavy atom. The van der Waals surface area contributed by atoms with Gasteiger partial charge in [-0.2, -0.15) is 15.2 Å². The van der Waals surface area contributed by atoms with Crippen molar-refractivity contribution in [3.63, 3.8) is 0 Å². The molecule has 1 spiro atoms. The van der Waals surface area contributed by atoms with Crippen molar-refractivity contribution < 1.29 is 18.6 Å². The molecular formula is C27H35F2N7O2S. The van der Waals surface area contributed by atoms with Gasteiger partial charge in [0.15, 0.2) is 0 Å². The van der Waals surface area contributed by atoms with Crippen LogP contribution in [0.5, 0.6) is 6.01 Å². The molecule has 0 aromatic carbocycles. The van der Waals surface area contributed by atoms with Gasteiger partial charge in [-0.05, 0) is 51.6 Å². The van der Waals surface area contributed by atoms with Crippen molar-refractivity contribution >= 4 is 28.0 Å². The number of anilines is 3. The van der Waals surface area contributed by atoms with Gasteiger partial charge in [-0.1, -0.05) is 0 Å². The lowest BCUT2D eigenvalue weighted by Crippen LogP contribution is -2.61. The van der Waals surface area contributed by atoms with Crippen molar-refractivity contribution in [1.82, 2.24) is 14.9 Å². The zero-order chi connectivity index (χ0) is 27.6. The molecule has 2 aromatic rings. The summed E-state index contributed by atoms with van der Waals surface area (Å²) in [5.41, 5.74) is 6.97. The predicted molar refractivity (Wildman–Crippen MR) is 146 cm³/mol. The molecule has 3 aliphatic heterocycles. The SMILES string of the molecule is CN1CC(F)(F)C[C@H]1COc1nc(N2CC3(CCCc4sc(N)c(C#N)c43)C2)cc(N2CCC[C@@](C)(O)C2)n1. The number of piperidine rings is 1. The minimum Gasteiger partial charge on any atom is -0.462 e. The second kappa shape index (κ2) is 9.42. The lowest BCUT2D eigenvalue weighted by molar-refractivity contribution is 0.0136. The Morgan fingerprint density at radius 1 is 1.18 bits per heavy atom. The quantitative estimate of drug-likeness (QED) is 0.570. The van der Waals surface area contributed by atoms with Crippen LogP contribution in [0.3, 0.4) is 0 Å². The Labute approximate surface area is 231 Å². The lowest BCUT2D eigenvalue weighted by atomic mass is 9.66. The zero-order valence-electron chi connectivity index (χ0n) is 22.4. The normalized spacial score (nSPS) is 27.7. The largest absolute Gasteiger partial charge is 0.462 e. The maximum atomic E-state index is 13.9. The molecule has 0 amide bonds. The van der Waals surface area contributed by atoms with E-state index in [-0.39, 0.29) is 31.0 Å². The first-order chi connectivity index (χ1) is 18.5. The number of nitriles is 1. The summed E-state index contributed by atoms with van der Waals surface area (Å²) >= 11 is 1.54. The van der Waals surface area contributed by atoms with E-state index in [1.165, 1.54) is 16.2 Å². The highest BCUT2D eigenvalue weighted by atomic mass is 32.1. The van der Waals surface area contributed by atoms with Gasteiger partial charge in [0.05, 0.1) is 17.7 Å². The highest BCUT2D eigenvalue weighted by Gasteiger charge is 2.50. The summed E-state index contributed by atoms with van der Waals surface area (Å²) in [6, 6.07) is 3.99. The third kappa shape index (κ3) is 4.89. The summed E-state index contributed by atoms with van der Waals surface area (Å²) in [4.78, 5) is 16.4. The van der Waals surface area contributed by atoms with Gasteiger partial charge in [0.1, 0.15) is 29.3 Å². The fourth-order valence-corrected chi connectivity index (χ4v) is 8.02. The van der Waals surface area contributed by atoms with Crippen molar-refractivity contribution in [2.24, 2.45) is 0 Å². The summed E-state index contributed by atoms with van der Waals surface area (Å²) in [5.74, 6) is -1.37. The number of hydrogen-bond donors (Lipinski definition) is 2. The second-order valence-electron chi connectivity index (χ2n) is 12.1. The number of likely N-dealkylation sites (tertiary alicyclic amines) is 1. The van der Waals surface area contributed by atoms with E-state index in [9.17, 15) is 19.1 Å². The van der Waals surface area contributed by atoms with E-state index in [1.54, 1.807) is 11.9 Å². The van der Waals surface area contributed by atoms with Crippen molar-refractivity contribution in [2.75, 3.05) is 61.9 Å². The maximum absolute atomic E-state index is 13.9. The molecule has 3 saturated heterocycles. The zero-order valence-corrected chi connectivity index (χ0v) is 23.2. The Kier molecular flexibility index (Phi) is 6.39. The van der Waals surface area contributed by atoms with Crippen LogP contribution in [0.15, 0.2) is 6.07 Å². The molecule has 4 aliphatic rings. The number of hydrogen-bond acceptors (Lipinski definition) is 10. The van der Waals surface area contributed by atoms with Gasteiger partial charge in [0, 0.05) is 55.0 Å².